The van der Waals surface area contributed by atoms with Gasteiger partial charge in [0.15, 0.2) is 0 Å². The average molecular weight is 284 g/mol. The van der Waals surface area contributed by atoms with Crippen molar-refractivity contribution in [3.63, 3.8) is 0 Å². The zero-order valence-corrected chi connectivity index (χ0v) is 12.6. The van der Waals surface area contributed by atoms with Crippen LogP contribution in [0.5, 0.6) is 0 Å². The Bertz CT molecular complexity index is 413. The molecule has 20 heavy (non-hydrogen) atoms. The second-order valence-corrected chi connectivity index (χ2v) is 7.82. The molecule has 0 aromatic carbocycles. The summed E-state index contributed by atoms with van der Waals surface area (Å²) in [6.45, 7) is 6.35. The minimum atomic E-state index is -1.16. The molecule has 5 rings (SSSR count). The fourth-order valence-corrected chi connectivity index (χ4v) is 5.41. The molecule has 114 valence electrons. The normalized spacial score (nSPS) is 61.8. The van der Waals surface area contributed by atoms with Gasteiger partial charge in [-0.05, 0) is 44.4 Å². The highest BCUT2D eigenvalue weighted by molar-refractivity contribution is 5.13. The molecule has 3 heterocycles. The lowest BCUT2D eigenvalue weighted by Crippen LogP contribution is -2.68. The maximum atomic E-state index is 14.3. The lowest BCUT2D eigenvalue weighted by molar-refractivity contribution is -0.491. The van der Waals surface area contributed by atoms with Gasteiger partial charge >= 0.3 is 0 Å². The van der Waals surface area contributed by atoms with Crippen molar-refractivity contribution >= 4 is 0 Å². The van der Waals surface area contributed by atoms with Gasteiger partial charge in [-0.25, -0.2) is 14.2 Å². The van der Waals surface area contributed by atoms with E-state index in [9.17, 15) is 4.39 Å². The lowest BCUT2D eigenvalue weighted by Gasteiger charge is -2.60. The summed E-state index contributed by atoms with van der Waals surface area (Å²) in [4.78, 5) is 11.9. The molecule has 5 aliphatic rings. The van der Waals surface area contributed by atoms with E-state index >= 15 is 0 Å². The molecule has 5 fully saturated rings. The van der Waals surface area contributed by atoms with E-state index in [0.717, 1.165) is 25.7 Å². The molecular weight excluding hydrogens is 259 g/mol. The fourth-order valence-electron chi connectivity index (χ4n) is 5.41. The summed E-state index contributed by atoms with van der Waals surface area (Å²) in [6.07, 6.45) is 3.75. The summed E-state index contributed by atoms with van der Waals surface area (Å²) in [6, 6.07) is 0. The van der Waals surface area contributed by atoms with Crippen molar-refractivity contribution in [1.82, 2.24) is 0 Å². The van der Waals surface area contributed by atoms with E-state index in [1.807, 2.05) is 6.92 Å². The maximum Gasteiger partial charge on any atom is 0.202 e. The SMILES string of the molecule is CC1C(F)OC2C[C@]3(C)CCC4[C@H](C)CCC1[C@@]24OO3. The fraction of sp³-hybridized carbons (Fsp3) is 1.00. The van der Waals surface area contributed by atoms with Gasteiger partial charge in [-0.3, -0.25) is 0 Å². The first kappa shape index (κ1) is 13.5. The first-order chi connectivity index (χ1) is 9.46. The van der Waals surface area contributed by atoms with Gasteiger partial charge in [0.25, 0.3) is 0 Å². The Balaban J connectivity index is 1.82. The highest BCUT2D eigenvalue weighted by Crippen LogP contribution is 2.61. The second kappa shape index (κ2) is 4.17. The van der Waals surface area contributed by atoms with Crippen LogP contribution < -0.4 is 0 Å². The molecule has 2 saturated carbocycles. The van der Waals surface area contributed by atoms with Crippen LogP contribution in [-0.2, 0) is 14.5 Å². The third-order valence-corrected chi connectivity index (χ3v) is 6.61. The summed E-state index contributed by atoms with van der Waals surface area (Å²) in [5.74, 6) is 1.16. The Labute approximate surface area is 120 Å². The zero-order valence-electron chi connectivity index (χ0n) is 12.6. The van der Waals surface area contributed by atoms with E-state index in [1.54, 1.807) is 0 Å². The van der Waals surface area contributed by atoms with Crippen molar-refractivity contribution in [2.45, 2.75) is 76.5 Å². The first-order valence-electron chi connectivity index (χ1n) is 8.13. The van der Waals surface area contributed by atoms with E-state index in [0.29, 0.717) is 11.8 Å². The second-order valence-electron chi connectivity index (χ2n) is 7.82. The topological polar surface area (TPSA) is 27.7 Å². The molecule has 3 aliphatic heterocycles. The van der Waals surface area contributed by atoms with Gasteiger partial charge < -0.3 is 4.74 Å². The van der Waals surface area contributed by atoms with Gasteiger partial charge in [-0.1, -0.05) is 13.8 Å². The van der Waals surface area contributed by atoms with Crippen LogP contribution in [-0.4, -0.2) is 23.7 Å². The molecule has 5 unspecified atom stereocenters. The summed E-state index contributed by atoms with van der Waals surface area (Å²) in [5, 5.41) is 0. The van der Waals surface area contributed by atoms with Gasteiger partial charge in [-0.15, -0.1) is 0 Å². The number of alkyl halides is 1. The van der Waals surface area contributed by atoms with E-state index in [1.165, 1.54) is 6.42 Å². The summed E-state index contributed by atoms with van der Waals surface area (Å²) in [5.41, 5.74) is -0.715. The molecule has 3 nitrogen and oxygen atoms in total. The molecule has 2 bridgehead atoms. The number of ether oxygens (including phenoxy) is 1. The van der Waals surface area contributed by atoms with Gasteiger partial charge in [0.2, 0.25) is 6.36 Å². The quantitative estimate of drug-likeness (QED) is 0.636. The molecule has 4 heteroatoms. The summed E-state index contributed by atoms with van der Waals surface area (Å²) in [7, 11) is 0. The Morgan fingerprint density at radius 2 is 1.85 bits per heavy atom. The molecule has 0 aromatic heterocycles. The average Bonchev–Trinajstić information content (AvgIpc) is 2.63. The number of hydrogen-bond acceptors (Lipinski definition) is 3. The molecule has 3 saturated heterocycles. The van der Waals surface area contributed by atoms with Crippen LogP contribution in [0.2, 0.25) is 0 Å². The standard InChI is InChI=1S/C16H25FO3/c1-9-4-5-12-10(2)14(17)18-13-8-15(3)7-6-11(9)16(12,13)20-19-15/h9-14H,4-8H2,1-3H3/t9-,10?,11?,12?,13?,14?,15+,16-/m1/s1. The van der Waals surface area contributed by atoms with Crippen molar-refractivity contribution in [3.05, 3.63) is 0 Å². The zero-order chi connectivity index (χ0) is 14.1. The molecular formula is C16H25FO3. The molecule has 8 atom stereocenters. The van der Waals surface area contributed by atoms with E-state index in [2.05, 4.69) is 13.8 Å². The van der Waals surface area contributed by atoms with Crippen molar-refractivity contribution in [1.29, 1.82) is 0 Å². The Morgan fingerprint density at radius 3 is 2.65 bits per heavy atom. The molecule has 0 amide bonds. The van der Waals surface area contributed by atoms with Crippen molar-refractivity contribution in [2.75, 3.05) is 0 Å². The van der Waals surface area contributed by atoms with Crippen LogP contribution >= 0.6 is 0 Å². The van der Waals surface area contributed by atoms with Crippen molar-refractivity contribution < 1.29 is 18.9 Å². The van der Waals surface area contributed by atoms with Gasteiger partial charge in [0.05, 0.1) is 6.10 Å². The maximum absolute atomic E-state index is 14.3. The van der Waals surface area contributed by atoms with E-state index < -0.39 is 12.0 Å². The van der Waals surface area contributed by atoms with Crippen LogP contribution in [0.15, 0.2) is 0 Å². The highest BCUT2D eigenvalue weighted by atomic mass is 19.1. The number of hydrogen-bond donors (Lipinski definition) is 0. The predicted molar refractivity (Wildman–Crippen MR) is 71.5 cm³/mol. The largest absolute Gasteiger partial charge is 0.341 e. The minimum Gasteiger partial charge on any atom is -0.341 e. The van der Waals surface area contributed by atoms with Gasteiger partial charge in [0, 0.05) is 18.3 Å². The molecule has 0 N–H and O–H groups in total. The van der Waals surface area contributed by atoms with Crippen LogP contribution in [0.3, 0.4) is 0 Å². The monoisotopic (exact) mass is 284 g/mol. The van der Waals surface area contributed by atoms with E-state index in [-0.39, 0.29) is 23.5 Å². The molecule has 1 spiro atoms. The lowest BCUT2D eigenvalue weighted by atomic mass is 9.57. The smallest absolute Gasteiger partial charge is 0.202 e. The van der Waals surface area contributed by atoms with Gasteiger partial charge in [0.1, 0.15) is 11.2 Å². The van der Waals surface area contributed by atoms with Crippen LogP contribution in [0, 0.1) is 23.7 Å². The van der Waals surface area contributed by atoms with Crippen molar-refractivity contribution in [2.24, 2.45) is 23.7 Å². The number of rotatable bonds is 0. The van der Waals surface area contributed by atoms with E-state index in [4.69, 9.17) is 14.5 Å². The first-order valence-corrected chi connectivity index (χ1v) is 8.13. The minimum absolute atomic E-state index is 0.104. The van der Waals surface area contributed by atoms with Gasteiger partial charge in [-0.2, -0.15) is 0 Å². The summed E-state index contributed by atoms with van der Waals surface area (Å²) >= 11 is 0. The van der Waals surface area contributed by atoms with Crippen LogP contribution in [0.1, 0.15) is 52.9 Å². The molecule has 0 radical (unpaired) electrons. The number of fused-ring (bicyclic) bond motifs is 2. The third-order valence-electron chi connectivity index (χ3n) is 6.61. The highest BCUT2D eigenvalue weighted by Gasteiger charge is 2.68. The van der Waals surface area contributed by atoms with Crippen LogP contribution in [0.4, 0.5) is 4.39 Å². The number of halogens is 1. The Kier molecular flexibility index (Phi) is 2.81. The third kappa shape index (κ3) is 1.56. The summed E-state index contributed by atoms with van der Waals surface area (Å²) < 4.78 is 20.1. The predicted octanol–water partition coefficient (Wildman–Crippen LogP) is 3.62. The molecule has 2 aliphatic carbocycles. The Morgan fingerprint density at radius 1 is 1.05 bits per heavy atom. The Hall–Kier alpha value is -0.190. The van der Waals surface area contributed by atoms with Crippen LogP contribution in [0.25, 0.3) is 0 Å². The van der Waals surface area contributed by atoms with Crippen molar-refractivity contribution in [3.8, 4) is 0 Å². The molecule has 0 aromatic rings.